The first-order chi connectivity index (χ1) is 13.4. The Hall–Kier alpha value is -3.01. The number of fused-ring (bicyclic) bond motifs is 3. The molecule has 0 saturated carbocycles. The summed E-state index contributed by atoms with van der Waals surface area (Å²) in [6.45, 7) is 6.40. The number of aromatic hydroxyl groups is 1. The van der Waals surface area contributed by atoms with Crippen LogP contribution in [-0.2, 0) is 6.42 Å². The second-order valence-corrected chi connectivity index (χ2v) is 7.44. The number of phenolic OH excluding ortho intramolecular Hbond substituents is 1. The largest absolute Gasteiger partial charge is 0.507 e. The number of aromatic amines is 1. The molecule has 1 heterocycles. The predicted molar refractivity (Wildman–Crippen MR) is 116 cm³/mol. The third kappa shape index (κ3) is 3.96. The van der Waals surface area contributed by atoms with Crippen molar-refractivity contribution in [2.75, 3.05) is 7.11 Å². The quantitative estimate of drug-likeness (QED) is 0.387. The van der Waals surface area contributed by atoms with Gasteiger partial charge < -0.3 is 14.8 Å². The number of phenols is 1. The lowest BCUT2D eigenvalue weighted by molar-refractivity contribution is 0.112. The molecule has 3 aromatic rings. The van der Waals surface area contributed by atoms with Crippen molar-refractivity contribution in [3.8, 4) is 11.5 Å². The maximum Gasteiger partial charge on any atom is 0.153 e. The van der Waals surface area contributed by atoms with Crippen LogP contribution in [0, 0.1) is 0 Å². The van der Waals surface area contributed by atoms with E-state index in [0.717, 1.165) is 52.4 Å². The number of carbonyl (C=O) groups is 1. The number of hydrogen-bond acceptors (Lipinski definition) is 3. The van der Waals surface area contributed by atoms with Gasteiger partial charge in [0.15, 0.2) is 6.29 Å². The fourth-order valence-electron chi connectivity index (χ4n) is 3.52. The van der Waals surface area contributed by atoms with Crippen molar-refractivity contribution >= 4 is 28.1 Å². The average molecular weight is 377 g/mol. The van der Waals surface area contributed by atoms with Crippen molar-refractivity contribution in [2.24, 2.45) is 0 Å². The molecule has 1 aromatic heterocycles. The lowest BCUT2D eigenvalue weighted by Gasteiger charge is -2.09. The molecule has 0 aliphatic heterocycles. The minimum absolute atomic E-state index is 0.0161. The standard InChI is InChI=1S/C24H27NO3/c1-15(2)6-5-7-16(3)8-9-19-23(28-4)11-10-18-20-12-17(14-26)22(27)13-21(20)25-24(18)19/h6,8,10-14,25,27H,5,7,9H2,1-4H3/b16-8+. The van der Waals surface area contributed by atoms with Gasteiger partial charge in [0.05, 0.1) is 23.7 Å². The fraction of sp³-hybridized carbons (Fsp3) is 0.292. The number of aromatic nitrogens is 1. The van der Waals surface area contributed by atoms with E-state index in [1.807, 2.05) is 12.1 Å². The van der Waals surface area contributed by atoms with Crippen molar-refractivity contribution < 1.29 is 14.6 Å². The van der Waals surface area contributed by atoms with Crippen molar-refractivity contribution in [3.05, 3.63) is 58.7 Å². The predicted octanol–water partition coefficient (Wildman–Crippen LogP) is 6.08. The van der Waals surface area contributed by atoms with Crippen LogP contribution in [0.4, 0.5) is 0 Å². The molecule has 0 amide bonds. The van der Waals surface area contributed by atoms with E-state index in [0.29, 0.717) is 11.8 Å². The molecule has 0 aliphatic carbocycles. The number of methoxy groups -OCH3 is 1. The number of carbonyl (C=O) groups excluding carboxylic acids is 1. The molecular formula is C24H27NO3. The van der Waals surface area contributed by atoms with E-state index in [9.17, 15) is 9.90 Å². The molecule has 4 nitrogen and oxygen atoms in total. The van der Waals surface area contributed by atoms with Crippen LogP contribution < -0.4 is 4.74 Å². The summed E-state index contributed by atoms with van der Waals surface area (Å²) in [4.78, 5) is 14.6. The molecule has 4 heteroatoms. The van der Waals surface area contributed by atoms with Crippen LogP contribution >= 0.6 is 0 Å². The van der Waals surface area contributed by atoms with Gasteiger partial charge in [0.1, 0.15) is 11.5 Å². The molecular weight excluding hydrogens is 350 g/mol. The number of aldehydes is 1. The molecule has 0 bridgehead atoms. The minimum Gasteiger partial charge on any atom is -0.507 e. The number of H-pyrrole nitrogens is 1. The van der Waals surface area contributed by atoms with Gasteiger partial charge in [-0.05, 0) is 58.2 Å². The Balaban J connectivity index is 2.04. The second kappa shape index (κ2) is 8.34. The summed E-state index contributed by atoms with van der Waals surface area (Å²) in [5, 5.41) is 11.9. The summed E-state index contributed by atoms with van der Waals surface area (Å²) in [5.41, 5.74) is 5.83. The molecule has 2 aromatic carbocycles. The molecule has 0 unspecified atom stereocenters. The number of allylic oxidation sites excluding steroid dienone is 4. The van der Waals surface area contributed by atoms with Crippen LogP contribution in [0.1, 0.15) is 49.5 Å². The molecule has 146 valence electrons. The van der Waals surface area contributed by atoms with Crippen LogP contribution in [-0.4, -0.2) is 23.5 Å². The lowest BCUT2D eigenvalue weighted by Crippen LogP contribution is -1.93. The average Bonchev–Trinajstić information content (AvgIpc) is 3.02. The first kappa shape index (κ1) is 19.7. The first-order valence-corrected chi connectivity index (χ1v) is 9.53. The van der Waals surface area contributed by atoms with Gasteiger partial charge in [-0.2, -0.15) is 0 Å². The Labute approximate surface area is 165 Å². The molecule has 2 N–H and O–H groups in total. The van der Waals surface area contributed by atoms with Crippen LogP contribution in [0.25, 0.3) is 21.8 Å². The van der Waals surface area contributed by atoms with E-state index in [2.05, 4.69) is 37.9 Å². The number of benzene rings is 2. The van der Waals surface area contributed by atoms with E-state index in [1.165, 1.54) is 11.1 Å². The monoisotopic (exact) mass is 377 g/mol. The van der Waals surface area contributed by atoms with Crippen LogP contribution in [0.15, 0.2) is 47.6 Å². The Kier molecular flexibility index (Phi) is 5.88. The molecule has 0 fully saturated rings. The maximum atomic E-state index is 11.2. The lowest BCUT2D eigenvalue weighted by atomic mass is 10.0. The second-order valence-electron chi connectivity index (χ2n) is 7.44. The van der Waals surface area contributed by atoms with Crippen molar-refractivity contribution in [2.45, 2.75) is 40.0 Å². The maximum absolute atomic E-state index is 11.2. The van der Waals surface area contributed by atoms with E-state index >= 15 is 0 Å². The Morgan fingerprint density at radius 1 is 1.14 bits per heavy atom. The normalized spacial score (nSPS) is 11.8. The van der Waals surface area contributed by atoms with Crippen LogP contribution in [0.5, 0.6) is 11.5 Å². The van der Waals surface area contributed by atoms with E-state index < -0.39 is 0 Å². The zero-order valence-corrected chi connectivity index (χ0v) is 16.9. The van der Waals surface area contributed by atoms with Gasteiger partial charge in [0, 0.05) is 22.4 Å². The highest BCUT2D eigenvalue weighted by molar-refractivity contribution is 6.10. The zero-order valence-electron chi connectivity index (χ0n) is 16.9. The van der Waals surface area contributed by atoms with E-state index in [4.69, 9.17) is 4.74 Å². The Morgan fingerprint density at radius 2 is 1.93 bits per heavy atom. The molecule has 0 atom stereocenters. The molecule has 0 saturated heterocycles. The fourth-order valence-corrected chi connectivity index (χ4v) is 3.52. The number of rotatable bonds is 7. The highest BCUT2D eigenvalue weighted by Crippen LogP contribution is 2.35. The SMILES string of the molecule is COc1ccc2c([nH]c3cc(O)c(C=O)cc32)c1C/C=C(\C)CCC=C(C)C. The molecule has 0 radical (unpaired) electrons. The Morgan fingerprint density at radius 3 is 2.61 bits per heavy atom. The number of ether oxygens (including phenoxy) is 1. The van der Waals surface area contributed by atoms with Gasteiger partial charge in [0.25, 0.3) is 0 Å². The van der Waals surface area contributed by atoms with Crippen LogP contribution in [0.3, 0.4) is 0 Å². The zero-order chi connectivity index (χ0) is 20.3. The summed E-state index contributed by atoms with van der Waals surface area (Å²) >= 11 is 0. The van der Waals surface area contributed by atoms with Gasteiger partial charge in [0.2, 0.25) is 0 Å². The summed E-state index contributed by atoms with van der Waals surface area (Å²) in [6, 6.07) is 7.29. The van der Waals surface area contributed by atoms with Gasteiger partial charge in [-0.3, -0.25) is 4.79 Å². The number of nitrogens with one attached hydrogen (secondary N) is 1. The third-order valence-corrected chi connectivity index (χ3v) is 5.08. The minimum atomic E-state index is -0.0161. The highest BCUT2D eigenvalue weighted by atomic mass is 16.5. The summed E-state index contributed by atoms with van der Waals surface area (Å²) in [6.07, 6.45) is 8.01. The van der Waals surface area contributed by atoms with Gasteiger partial charge >= 0.3 is 0 Å². The topological polar surface area (TPSA) is 62.3 Å². The van der Waals surface area contributed by atoms with Crippen LogP contribution in [0.2, 0.25) is 0 Å². The summed E-state index contributed by atoms with van der Waals surface area (Å²) in [5.74, 6) is 0.810. The summed E-state index contributed by atoms with van der Waals surface area (Å²) in [7, 11) is 1.68. The molecule has 0 spiro atoms. The Bertz CT molecular complexity index is 1080. The summed E-state index contributed by atoms with van der Waals surface area (Å²) < 4.78 is 5.60. The highest BCUT2D eigenvalue weighted by Gasteiger charge is 2.14. The molecule has 3 rings (SSSR count). The van der Waals surface area contributed by atoms with Gasteiger partial charge in [-0.25, -0.2) is 0 Å². The molecule has 0 aliphatic rings. The smallest absolute Gasteiger partial charge is 0.153 e. The third-order valence-electron chi connectivity index (χ3n) is 5.08. The van der Waals surface area contributed by atoms with E-state index in [1.54, 1.807) is 19.2 Å². The van der Waals surface area contributed by atoms with Gasteiger partial charge in [-0.1, -0.05) is 23.3 Å². The van der Waals surface area contributed by atoms with Crippen molar-refractivity contribution in [1.29, 1.82) is 0 Å². The van der Waals surface area contributed by atoms with Gasteiger partial charge in [-0.15, -0.1) is 0 Å². The molecule has 28 heavy (non-hydrogen) atoms. The van der Waals surface area contributed by atoms with Crippen molar-refractivity contribution in [3.63, 3.8) is 0 Å². The van der Waals surface area contributed by atoms with Crippen molar-refractivity contribution in [1.82, 2.24) is 4.98 Å². The first-order valence-electron chi connectivity index (χ1n) is 9.53. The van der Waals surface area contributed by atoms with E-state index in [-0.39, 0.29) is 5.75 Å². The number of hydrogen-bond donors (Lipinski definition) is 2.